The molecule has 24 nitrogen and oxygen atoms in total. The van der Waals surface area contributed by atoms with Crippen LogP contribution in [0.2, 0.25) is 0 Å². The third-order valence-electron chi connectivity index (χ3n) is 14.5. The summed E-state index contributed by atoms with van der Waals surface area (Å²) in [7, 11) is -7.01. The topological polar surface area (TPSA) is 368 Å². The number of carbonyl (C=O) groups is 9. The molecular weight excluding hydrogens is 1200 g/mol. The highest BCUT2D eigenvalue weighted by Crippen LogP contribution is 2.25. The fourth-order valence-electron chi connectivity index (χ4n) is 9.39. The van der Waals surface area contributed by atoms with E-state index in [2.05, 4.69) is 31.9 Å². The van der Waals surface area contributed by atoms with Crippen molar-refractivity contribution in [3.63, 3.8) is 0 Å². The Morgan fingerprint density at radius 3 is 1.63 bits per heavy atom. The number of hydrogen-bond donors (Lipinski definition) is 8. The Bertz CT molecular complexity index is 3310. The quantitative estimate of drug-likeness (QED) is 0.0206. The molecule has 0 radical (unpaired) electrons. The number of anilines is 1. The summed E-state index contributed by atoms with van der Waals surface area (Å²) >= 11 is 0. The Balaban J connectivity index is 1.54. The van der Waals surface area contributed by atoms with Gasteiger partial charge in [-0.1, -0.05) is 87.4 Å². The maximum absolute atomic E-state index is 14.3. The minimum Gasteiger partial charge on any atom is -0.445 e. The summed E-state index contributed by atoms with van der Waals surface area (Å²) < 4.78 is 66.3. The first-order valence-corrected chi connectivity index (χ1v) is 32.9. The molecule has 9 amide bonds. The normalized spacial score (nSPS) is 13.3. The number of nitrogens with zero attached hydrogens (tertiary/aromatic N) is 1. The Labute approximate surface area is 528 Å². The van der Waals surface area contributed by atoms with Gasteiger partial charge in [-0.15, -0.1) is 0 Å². The number of nitrogens with two attached hydrogens (primary N) is 2. The number of benzene rings is 4. The molecule has 4 atom stereocenters. The summed E-state index contributed by atoms with van der Waals surface area (Å²) in [6.45, 7) is 19.7. The first-order valence-electron chi connectivity index (χ1n) is 29.6. The number of ether oxygens (including phenoxy) is 2. The number of amides is 9. The molecule has 0 heterocycles. The fraction of sp³-hybridized carbons (Fsp3) is 0.484. The molecule has 492 valence electrons. The third-order valence-corrected chi connectivity index (χ3v) is 18.2. The molecule has 0 bridgehead atoms. The highest BCUT2D eigenvalue weighted by Gasteiger charge is 2.35. The van der Waals surface area contributed by atoms with E-state index in [1.165, 1.54) is 55.6 Å². The van der Waals surface area contributed by atoms with Gasteiger partial charge >= 0.3 is 12.1 Å². The predicted octanol–water partition coefficient (Wildman–Crippen LogP) is 5.82. The van der Waals surface area contributed by atoms with Gasteiger partial charge in [-0.3, -0.25) is 38.5 Å². The minimum absolute atomic E-state index is 0.00723. The first kappa shape index (κ1) is 74.2. The molecule has 0 saturated carbocycles. The number of hydrogen-bond acceptors (Lipinski definition) is 15. The van der Waals surface area contributed by atoms with Gasteiger partial charge in [0.2, 0.25) is 29.5 Å². The minimum atomic E-state index is -4.21. The molecule has 26 heteroatoms. The fourth-order valence-corrected chi connectivity index (χ4v) is 12.6. The van der Waals surface area contributed by atoms with Crippen molar-refractivity contribution >= 4 is 78.7 Å². The van der Waals surface area contributed by atoms with Gasteiger partial charge < -0.3 is 52.8 Å². The number of nitrogens with one attached hydrogen (secondary N) is 6. The van der Waals surface area contributed by atoms with Gasteiger partial charge in [-0.2, -0.15) is 0 Å². The van der Waals surface area contributed by atoms with Crippen LogP contribution in [-0.4, -0.2) is 142 Å². The first-order chi connectivity index (χ1) is 41.9. The molecule has 0 saturated heterocycles. The van der Waals surface area contributed by atoms with E-state index in [-0.39, 0.29) is 65.9 Å². The highest BCUT2D eigenvalue weighted by atomic mass is 32.2. The summed E-state index contributed by atoms with van der Waals surface area (Å²) in [5.74, 6) is -9.14. The number of primary amides is 2. The van der Waals surface area contributed by atoms with E-state index in [0.29, 0.717) is 17.7 Å². The van der Waals surface area contributed by atoms with Crippen molar-refractivity contribution in [3.05, 3.63) is 125 Å². The molecule has 0 spiro atoms. The Morgan fingerprint density at radius 1 is 0.622 bits per heavy atom. The molecule has 10 N–H and O–H groups in total. The second kappa shape index (κ2) is 33.0. The zero-order valence-corrected chi connectivity index (χ0v) is 55.0. The molecule has 0 aliphatic carbocycles. The van der Waals surface area contributed by atoms with Crippen molar-refractivity contribution in [1.29, 1.82) is 0 Å². The van der Waals surface area contributed by atoms with E-state index >= 15 is 0 Å². The summed E-state index contributed by atoms with van der Waals surface area (Å²) in [6.07, 6.45) is -0.930. The third kappa shape index (κ3) is 23.9. The van der Waals surface area contributed by atoms with Crippen LogP contribution in [0.15, 0.2) is 107 Å². The number of sulfone groups is 2. The number of rotatable bonds is 33. The molecule has 4 rings (SSSR count). The van der Waals surface area contributed by atoms with E-state index in [1.54, 1.807) is 104 Å². The number of carbonyl (C=O) groups excluding carboxylic acids is 9. The van der Waals surface area contributed by atoms with Gasteiger partial charge in [0.1, 0.15) is 30.8 Å². The van der Waals surface area contributed by atoms with E-state index in [4.69, 9.17) is 20.9 Å². The van der Waals surface area contributed by atoms with Crippen LogP contribution in [0.4, 0.5) is 15.3 Å². The molecule has 4 aromatic rings. The van der Waals surface area contributed by atoms with Crippen LogP contribution in [0.1, 0.15) is 132 Å². The number of Topliss-reactive ketones (excluding diaryl/α,β-unsaturated/α-hetero) is 1. The molecule has 0 aliphatic rings. The van der Waals surface area contributed by atoms with Crippen LogP contribution in [-0.2, 0) is 59.7 Å². The van der Waals surface area contributed by atoms with Gasteiger partial charge in [0.05, 0.1) is 32.8 Å². The largest absolute Gasteiger partial charge is 0.445 e. The van der Waals surface area contributed by atoms with Gasteiger partial charge in [-0.05, 0) is 140 Å². The van der Waals surface area contributed by atoms with Gasteiger partial charge in [0.25, 0.3) is 5.91 Å². The Hall–Kier alpha value is -8.23. The number of ketones is 1. The van der Waals surface area contributed by atoms with Crippen LogP contribution >= 0.6 is 0 Å². The smallest absolute Gasteiger partial charge is 0.410 e. The zero-order chi connectivity index (χ0) is 67.5. The highest BCUT2D eigenvalue weighted by molar-refractivity contribution is 7.92. The summed E-state index contributed by atoms with van der Waals surface area (Å²) in [6, 6.07) is 17.7. The molecule has 0 aliphatic heterocycles. The zero-order valence-electron chi connectivity index (χ0n) is 53.4. The number of likely N-dealkylation sites (N-methyl/N-ethyl adjacent to an activating group) is 1. The van der Waals surface area contributed by atoms with Crippen molar-refractivity contribution in [2.45, 2.75) is 160 Å². The van der Waals surface area contributed by atoms with Crippen molar-refractivity contribution in [1.82, 2.24) is 31.5 Å². The van der Waals surface area contributed by atoms with Gasteiger partial charge in [-0.25, -0.2) is 26.4 Å². The number of aryl methyl sites for hydroxylation is 2. The summed E-state index contributed by atoms with van der Waals surface area (Å²) in [4.78, 5) is 122. The summed E-state index contributed by atoms with van der Waals surface area (Å²) in [5, 5.41) is 16.2. The maximum Gasteiger partial charge on any atom is 0.410 e. The molecule has 2 unspecified atom stereocenters. The Kier molecular flexibility index (Phi) is 27.2. The van der Waals surface area contributed by atoms with E-state index in [0.717, 1.165) is 16.0 Å². The molecular formula is C64H89N9O15S2. The van der Waals surface area contributed by atoms with Crippen LogP contribution in [0, 0.1) is 31.6 Å². The summed E-state index contributed by atoms with van der Waals surface area (Å²) in [5.41, 5.74) is 11.6. The molecule has 90 heavy (non-hydrogen) atoms. The van der Waals surface area contributed by atoms with Crippen LogP contribution < -0.4 is 43.4 Å². The van der Waals surface area contributed by atoms with Crippen LogP contribution in [0.3, 0.4) is 0 Å². The molecule has 4 aromatic carbocycles. The Morgan fingerprint density at radius 2 is 1.14 bits per heavy atom. The number of urea groups is 1. The molecule has 0 fully saturated rings. The lowest BCUT2D eigenvalue weighted by Gasteiger charge is -2.30. The van der Waals surface area contributed by atoms with Crippen molar-refractivity contribution in [3.8, 4) is 0 Å². The maximum atomic E-state index is 14.3. The van der Waals surface area contributed by atoms with Crippen molar-refractivity contribution in [2.24, 2.45) is 29.2 Å². The lowest BCUT2D eigenvalue weighted by Crippen LogP contribution is -2.55. The van der Waals surface area contributed by atoms with Crippen molar-refractivity contribution < 1.29 is 69.5 Å². The van der Waals surface area contributed by atoms with E-state index < -0.39 is 138 Å². The van der Waals surface area contributed by atoms with Gasteiger partial charge in [0.15, 0.2) is 25.5 Å². The van der Waals surface area contributed by atoms with Crippen LogP contribution in [0.25, 0.3) is 0 Å². The van der Waals surface area contributed by atoms with E-state index in [1.807, 2.05) is 20.8 Å². The monoisotopic (exact) mass is 1290 g/mol. The molecule has 0 aromatic heterocycles. The lowest BCUT2D eigenvalue weighted by molar-refractivity contribution is -0.132. The standard InChI is InChI=1S/C64H89N9O15S2/c1-39(2)53(60(80)70-50(14-13-34-67-61(66)81)58(78)68-47-25-19-43(20-26-47)36-87-62(82)73(12)54(40(3)4)56(65)76)71-52(74)32-31-51(59(79)72-64(10,11)33-35-88-63(7,8)9)69-57(77)45-23-21-44(22-24-45)55(75)46(37-89(83,84)48-27-15-41(5)16-28-48)38-90(85,86)49-29-17-42(6)18-30-49/h15-30,39-40,46,50-51,53-54H,13-14,31-38H2,1-12H3,(H2,65,76)(H,68,78)(H,69,77)(H,70,80)(H,71,74)(H,72,79)(H3,66,67,81)/t50-,51-,53?,54?/m0/s1. The average molecular weight is 1290 g/mol. The second-order valence-corrected chi connectivity index (χ2v) is 28.8. The van der Waals surface area contributed by atoms with Gasteiger partial charge in [0, 0.05) is 49.0 Å². The van der Waals surface area contributed by atoms with Crippen LogP contribution in [0.5, 0.6) is 0 Å². The lowest BCUT2D eigenvalue weighted by atomic mass is 9.98. The SMILES string of the molecule is Cc1ccc(S(=O)(=O)CC(CS(=O)(=O)c2ccc(C)cc2)C(=O)c2ccc(C(=O)N[C@@H](CCC(=O)NC(C(=O)N[C@@H](CCCNC(N)=O)C(=O)Nc3ccc(COC(=O)N(C)C(C(N)=O)C(C)C)cc3)C(C)C)C(=O)NC(C)(C)CCOC(C)(C)C)cc2)cc1. The average Bonchev–Trinajstić information content (AvgIpc) is 2.59. The van der Waals surface area contributed by atoms with E-state index in [9.17, 15) is 60.0 Å². The second-order valence-electron chi connectivity index (χ2n) is 24.7. The predicted molar refractivity (Wildman–Crippen MR) is 340 cm³/mol. The van der Waals surface area contributed by atoms with Crippen molar-refractivity contribution in [2.75, 3.05) is 37.0 Å².